The highest BCUT2D eigenvalue weighted by Gasteiger charge is 2.15. The van der Waals surface area contributed by atoms with Crippen molar-refractivity contribution < 1.29 is 12.8 Å². The number of halogens is 1. The van der Waals surface area contributed by atoms with Gasteiger partial charge in [-0.15, -0.1) is 0 Å². The second-order valence-electron chi connectivity index (χ2n) is 4.70. The lowest BCUT2D eigenvalue weighted by molar-refractivity contribution is 0.601. The minimum atomic E-state index is -3.79. The second-order valence-corrected chi connectivity index (χ2v) is 6.38. The summed E-state index contributed by atoms with van der Waals surface area (Å²) in [6.45, 7) is 3.44. The van der Waals surface area contributed by atoms with E-state index in [0.717, 1.165) is 11.6 Å². The number of nitrogens with two attached hydrogens (primary N) is 1. The molecule has 20 heavy (non-hydrogen) atoms. The number of nitrogen functional groups attached to an aromatic ring is 1. The summed E-state index contributed by atoms with van der Waals surface area (Å²) >= 11 is 0. The van der Waals surface area contributed by atoms with Gasteiger partial charge in [0, 0.05) is 5.69 Å². The van der Waals surface area contributed by atoms with Gasteiger partial charge in [0.2, 0.25) is 0 Å². The highest BCUT2D eigenvalue weighted by molar-refractivity contribution is 7.92. The summed E-state index contributed by atoms with van der Waals surface area (Å²) in [7, 11) is -3.79. The average Bonchev–Trinajstić information content (AvgIpc) is 2.25. The minimum Gasteiger partial charge on any atom is -0.399 e. The zero-order chi connectivity index (χ0) is 14.9. The molecule has 0 heterocycles. The Hall–Kier alpha value is -2.08. The van der Waals surface area contributed by atoms with Crippen LogP contribution in [0.5, 0.6) is 0 Å². The van der Waals surface area contributed by atoms with Gasteiger partial charge in [0.25, 0.3) is 10.0 Å². The van der Waals surface area contributed by atoms with Crippen LogP contribution < -0.4 is 10.5 Å². The third-order valence-electron chi connectivity index (χ3n) is 2.68. The molecule has 0 unspecified atom stereocenters. The number of hydrogen-bond acceptors (Lipinski definition) is 3. The molecule has 0 bridgehead atoms. The predicted molar refractivity (Wildman–Crippen MR) is 77.5 cm³/mol. The summed E-state index contributed by atoms with van der Waals surface area (Å²) in [5, 5.41) is 0. The van der Waals surface area contributed by atoms with E-state index in [1.165, 1.54) is 18.2 Å². The van der Waals surface area contributed by atoms with Gasteiger partial charge in [0.15, 0.2) is 0 Å². The molecular formula is C14H15FN2O2S. The molecule has 0 amide bonds. The van der Waals surface area contributed by atoms with E-state index in [2.05, 4.69) is 4.72 Å². The number of benzene rings is 2. The molecule has 4 nitrogen and oxygen atoms in total. The molecule has 0 aliphatic heterocycles. The number of anilines is 2. The Morgan fingerprint density at radius 1 is 1.00 bits per heavy atom. The first kappa shape index (κ1) is 14.3. The minimum absolute atomic E-state index is 0.0527. The van der Waals surface area contributed by atoms with E-state index < -0.39 is 15.8 Å². The molecule has 6 heteroatoms. The Labute approximate surface area is 117 Å². The largest absolute Gasteiger partial charge is 0.399 e. The van der Waals surface area contributed by atoms with Crippen molar-refractivity contribution in [3.63, 3.8) is 0 Å². The van der Waals surface area contributed by atoms with Gasteiger partial charge < -0.3 is 5.73 Å². The summed E-state index contributed by atoms with van der Waals surface area (Å²) in [4.78, 5) is 0.0527. The average molecular weight is 294 g/mol. The summed E-state index contributed by atoms with van der Waals surface area (Å²) in [5.74, 6) is -0.494. The lowest BCUT2D eigenvalue weighted by Gasteiger charge is -2.10. The lowest BCUT2D eigenvalue weighted by atomic mass is 10.2. The van der Waals surface area contributed by atoms with E-state index in [1.807, 2.05) is 0 Å². The number of hydrogen-bond donors (Lipinski definition) is 2. The summed E-state index contributed by atoms with van der Waals surface area (Å²) in [6, 6.07) is 8.55. The number of sulfonamides is 1. The fourth-order valence-electron chi connectivity index (χ4n) is 1.94. The maximum absolute atomic E-state index is 13.3. The van der Waals surface area contributed by atoms with Crippen LogP contribution in [-0.4, -0.2) is 8.42 Å². The normalized spacial score (nSPS) is 11.3. The fraction of sp³-hybridized carbons (Fsp3) is 0.143. The van der Waals surface area contributed by atoms with Crippen LogP contribution in [-0.2, 0) is 10.0 Å². The van der Waals surface area contributed by atoms with E-state index in [9.17, 15) is 12.8 Å². The molecule has 2 aromatic carbocycles. The Morgan fingerprint density at radius 3 is 2.25 bits per heavy atom. The van der Waals surface area contributed by atoms with Gasteiger partial charge in [-0.1, -0.05) is 0 Å². The quantitative estimate of drug-likeness (QED) is 0.855. The zero-order valence-electron chi connectivity index (χ0n) is 11.1. The van der Waals surface area contributed by atoms with Gasteiger partial charge in [0.05, 0.1) is 10.6 Å². The van der Waals surface area contributed by atoms with Crippen LogP contribution in [0.15, 0.2) is 41.3 Å². The van der Waals surface area contributed by atoms with Crippen molar-refractivity contribution in [2.45, 2.75) is 18.7 Å². The van der Waals surface area contributed by atoms with Crippen molar-refractivity contribution in [2.24, 2.45) is 0 Å². The summed E-state index contributed by atoms with van der Waals surface area (Å²) in [6.07, 6.45) is 0. The third kappa shape index (κ3) is 3.27. The second kappa shape index (κ2) is 5.13. The standard InChI is InChI=1S/C14H15FN2O2S/c1-9-3-11(15)7-13(5-9)17-20(18,19)14-6-10(2)4-12(16)8-14/h3-8,17H,16H2,1-2H3. The van der Waals surface area contributed by atoms with E-state index in [4.69, 9.17) is 5.73 Å². The molecule has 0 atom stereocenters. The molecule has 106 valence electrons. The van der Waals surface area contributed by atoms with E-state index >= 15 is 0 Å². The van der Waals surface area contributed by atoms with Crippen LogP contribution in [0.25, 0.3) is 0 Å². The number of rotatable bonds is 3. The van der Waals surface area contributed by atoms with Gasteiger partial charge >= 0.3 is 0 Å². The van der Waals surface area contributed by atoms with Gasteiger partial charge in [0.1, 0.15) is 5.82 Å². The zero-order valence-corrected chi connectivity index (χ0v) is 12.0. The Morgan fingerprint density at radius 2 is 1.65 bits per heavy atom. The van der Waals surface area contributed by atoms with Gasteiger partial charge in [-0.25, -0.2) is 12.8 Å². The van der Waals surface area contributed by atoms with Crippen molar-refractivity contribution >= 4 is 21.4 Å². The third-order valence-corrected chi connectivity index (χ3v) is 4.04. The molecule has 0 saturated carbocycles. The van der Waals surface area contributed by atoms with Crippen LogP contribution in [0.2, 0.25) is 0 Å². The Balaban J connectivity index is 2.40. The van der Waals surface area contributed by atoms with E-state index in [1.54, 1.807) is 26.0 Å². The summed E-state index contributed by atoms with van der Waals surface area (Å²) in [5.41, 5.74) is 7.56. The number of nitrogens with one attached hydrogen (secondary N) is 1. The van der Waals surface area contributed by atoms with Crippen LogP contribution in [0, 0.1) is 19.7 Å². The van der Waals surface area contributed by atoms with Crippen molar-refractivity contribution in [1.82, 2.24) is 0 Å². The molecule has 0 aliphatic rings. The highest BCUT2D eigenvalue weighted by Crippen LogP contribution is 2.21. The van der Waals surface area contributed by atoms with Crippen molar-refractivity contribution in [2.75, 3.05) is 10.5 Å². The van der Waals surface area contributed by atoms with Crippen LogP contribution in [0.3, 0.4) is 0 Å². The van der Waals surface area contributed by atoms with E-state index in [0.29, 0.717) is 11.3 Å². The predicted octanol–water partition coefficient (Wildman–Crippen LogP) is 2.83. The molecule has 0 radical (unpaired) electrons. The SMILES string of the molecule is Cc1cc(F)cc(NS(=O)(=O)c2cc(C)cc(N)c2)c1. The fourth-order valence-corrected chi connectivity index (χ4v) is 3.12. The van der Waals surface area contributed by atoms with Crippen molar-refractivity contribution in [3.8, 4) is 0 Å². The molecule has 0 saturated heterocycles. The van der Waals surface area contributed by atoms with Crippen molar-refractivity contribution in [3.05, 3.63) is 53.3 Å². The maximum Gasteiger partial charge on any atom is 0.261 e. The molecule has 0 fully saturated rings. The molecule has 0 aliphatic carbocycles. The van der Waals surface area contributed by atoms with Crippen LogP contribution in [0.1, 0.15) is 11.1 Å². The maximum atomic E-state index is 13.3. The van der Waals surface area contributed by atoms with E-state index in [-0.39, 0.29) is 10.6 Å². The number of aryl methyl sites for hydroxylation is 2. The van der Waals surface area contributed by atoms with Gasteiger partial charge in [-0.3, -0.25) is 4.72 Å². The van der Waals surface area contributed by atoms with Gasteiger partial charge in [-0.2, -0.15) is 0 Å². The highest BCUT2D eigenvalue weighted by atomic mass is 32.2. The molecule has 3 N–H and O–H groups in total. The molecular weight excluding hydrogens is 279 g/mol. The molecule has 0 spiro atoms. The van der Waals surface area contributed by atoms with Gasteiger partial charge in [-0.05, 0) is 61.4 Å². The Kier molecular flexibility index (Phi) is 3.67. The van der Waals surface area contributed by atoms with Crippen molar-refractivity contribution in [1.29, 1.82) is 0 Å². The van der Waals surface area contributed by atoms with Crippen LogP contribution >= 0.6 is 0 Å². The molecule has 0 aromatic heterocycles. The first-order valence-electron chi connectivity index (χ1n) is 5.93. The molecule has 2 aromatic rings. The topological polar surface area (TPSA) is 72.2 Å². The lowest BCUT2D eigenvalue weighted by Crippen LogP contribution is -2.13. The first-order chi connectivity index (χ1) is 9.26. The monoisotopic (exact) mass is 294 g/mol. The molecule has 2 rings (SSSR count). The Bertz CT molecular complexity index is 717. The summed E-state index contributed by atoms with van der Waals surface area (Å²) < 4.78 is 40.1. The van der Waals surface area contributed by atoms with Crippen LogP contribution in [0.4, 0.5) is 15.8 Å². The smallest absolute Gasteiger partial charge is 0.261 e. The first-order valence-corrected chi connectivity index (χ1v) is 7.42.